The first-order valence-corrected chi connectivity index (χ1v) is 10.3. The molecule has 1 fully saturated rings. The zero-order valence-electron chi connectivity index (χ0n) is 17.1. The number of amides is 1. The van der Waals surface area contributed by atoms with E-state index in [9.17, 15) is 13.6 Å². The first-order valence-electron chi connectivity index (χ1n) is 10.3. The first-order chi connectivity index (χ1) is 15.1. The van der Waals surface area contributed by atoms with E-state index in [4.69, 9.17) is 4.74 Å². The Morgan fingerprint density at radius 2 is 1.94 bits per heavy atom. The number of hydrogen-bond acceptors (Lipinski definition) is 5. The topological polar surface area (TPSA) is 73.1 Å². The normalized spacial score (nSPS) is 18.7. The van der Waals surface area contributed by atoms with Gasteiger partial charge in [-0.25, -0.2) is 13.8 Å². The zero-order chi connectivity index (χ0) is 21.8. The van der Waals surface area contributed by atoms with Crippen LogP contribution in [0.1, 0.15) is 36.5 Å². The molecule has 1 amide bonds. The van der Waals surface area contributed by atoms with Gasteiger partial charge in [0.15, 0.2) is 0 Å². The van der Waals surface area contributed by atoms with E-state index in [0.29, 0.717) is 24.7 Å². The molecule has 1 aliphatic rings. The maximum absolute atomic E-state index is 14.0. The molecule has 2 aromatic heterocycles. The highest BCUT2D eigenvalue weighted by Crippen LogP contribution is 2.29. The minimum Gasteiger partial charge on any atom is -0.477 e. The third-order valence-corrected chi connectivity index (χ3v) is 5.57. The smallest absolute Gasteiger partial charge is 0.256 e. The quantitative estimate of drug-likeness (QED) is 0.601. The zero-order valence-corrected chi connectivity index (χ0v) is 17.1. The van der Waals surface area contributed by atoms with Crippen molar-refractivity contribution in [3.63, 3.8) is 0 Å². The van der Waals surface area contributed by atoms with Crippen LogP contribution < -0.4 is 4.74 Å². The average molecular weight is 427 g/mol. The molecule has 7 nitrogen and oxygen atoms in total. The molecule has 1 aliphatic heterocycles. The van der Waals surface area contributed by atoms with E-state index in [1.54, 1.807) is 4.90 Å². The summed E-state index contributed by atoms with van der Waals surface area (Å²) in [6.07, 6.45) is 6.53. The van der Waals surface area contributed by atoms with Crippen molar-refractivity contribution >= 4 is 5.91 Å². The molecule has 1 aromatic carbocycles. The molecule has 3 heterocycles. The molecule has 31 heavy (non-hydrogen) atoms. The summed E-state index contributed by atoms with van der Waals surface area (Å²) in [4.78, 5) is 20.5. The summed E-state index contributed by atoms with van der Waals surface area (Å²) in [5.74, 6) is -0.758. The molecular weight excluding hydrogens is 404 g/mol. The molecule has 0 radical (unpaired) electrons. The van der Waals surface area contributed by atoms with Gasteiger partial charge in [0.25, 0.3) is 5.91 Å². The van der Waals surface area contributed by atoms with E-state index >= 15 is 0 Å². The Kier molecular flexibility index (Phi) is 6.20. The van der Waals surface area contributed by atoms with Crippen LogP contribution in [0.3, 0.4) is 0 Å². The number of likely N-dealkylation sites (tertiary alicyclic amines) is 1. The minimum absolute atomic E-state index is 0.0781. The summed E-state index contributed by atoms with van der Waals surface area (Å²) in [6, 6.07) is 6.73. The van der Waals surface area contributed by atoms with Crippen molar-refractivity contribution < 1.29 is 18.3 Å². The van der Waals surface area contributed by atoms with Crippen molar-refractivity contribution in [2.24, 2.45) is 5.92 Å². The maximum atomic E-state index is 14.0. The van der Waals surface area contributed by atoms with Gasteiger partial charge in [0, 0.05) is 24.6 Å². The number of aromatic nitrogens is 4. The molecule has 0 spiro atoms. The lowest BCUT2D eigenvalue weighted by atomic mass is 9.87. The standard InChI is InChI=1S/C22H23F2N5O2/c1-2-19-15(14-31-21-8-6-17(24)13-25-21)4-3-11-28(19)22(30)18-12-16(23)5-7-20(18)29-26-9-10-27-29/h5-10,12-13,15,19H,2-4,11,14H2,1H3/t15-,19?/m1/s1. The Labute approximate surface area is 178 Å². The highest BCUT2D eigenvalue weighted by atomic mass is 19.1. The van der Waals surface area contributed by atoms with Gasteiger partial charge in [0.05, 0.1) is 36.4 Å². The molecule has 4 rings (SSSR count). The van der Waals surface area contributed by atoms with Gasteiger partial charge in [-0.1, -0.05) is 6.92 Å². The van der Waals surface area contributed by atoms with Crippen molar-refractivity contribution in [3.05, 3.63) is 66.1 Å². The number of benzene rings is 1. The predicted octanol–water partition coefficient (Wildman–Crippen LogP) is 3.65. The Bertz CT molecular complexity index is 1030. The summed E-state index contributed by atoms with van der Waals surface area (Å²) in [6.45, 7) is 2.95. The summed E-state index contributed by atoms with van der Waals surface area (Å²) >= 11 is 0. The van der Waals surface area contributed by atoms with Crippen LogP contribution in [0.4, 0.5) is 8.78 Å². The van der Waals surface area contributed by atoms with Gasteiger partial charge in [-0.3, -0.25) is 4.79 Å². The third-order valence-electron chi connectivity index (χ3n) is 5.57. The highest BCUT2D eigenvalue weighted by molar-refractivity contribution is 5.98. The van der Waals surface area contributed by atoms with Crippen LogP contribution in [0.5, 0.6) is 5.88 Å². The van der Waals surface area contributed by atoms with Crippen LogP contribution in [0.25, 0.3) is 5.69 Å². The van der Waals surface area contributed by atoms with E-state index in [1.165, 1.54) is 47.5 Å². The van der Waals surface area contributed by atoms with Crippen LogP contribution in [-0.2, 0) is 0 Å². The molecular formula is C22H23F2N5O2. The predicted molar refractivity (Wildman–Crippen MR) is 109 cm³/mol. The monoisotopic (exact) mass is 427 g/mol. The summed E-state index contributed by atoms with van der Waals surface area (Å²) in [5, 5.41) is 8.17. The highest BCUT2D eigenvalue weighted by Gasteiger charge is 2.35. The van der Waals surface area contributed by atoms with Crippen molar-refractivity contribution in [2.45, 2.75) is 32.2 Å². The van der Waals surface area contributed by atoms with E-state index in [-0.39, 0.29) is 23.4 Å². The summed E-state index contributed by atoms with van der Waals surface area (Å²) in [5.41, 5.74) is 0.650. The van der Waals surface area contributed by atoms with E-state index in [2.05, 4.69) is 15.2 Å². The van der Waals surface area contributed by atoms with Gasteiger partial charge in [-0.2, -0.15) is 15.0 Å². The fraction of sp³-hybridized carbons (Fsp3) is 0.364. The van der Waals surface area contributed by atoms with Crippen molar-refractivity contribution in [3.8, 4) is 11.6 Å². The largest absolute Gasteiger partial charge is 0.477 e. The lowest BCUT2D eigenvalue weighted by molar-refractivity contribution is 0.0391. The van der Waals surface area contributed by atoms with Crippen molar-refractivity contribution in [1.82, 2.24) is 24.9 Å². The Hall–Kier alpha value is -3.36. The fourth-order valence-electron chi connectivity index (χ4n) is 4.13. The Morgan fingerprint density at radius 3 is 2.65 bits per heavy atom. The summed E-state index contributed by atoms with van der Waals surface area (Å²) < 4.78 is 32.9. The lowest BCUT2D eigenvalue weighted by Gasteiger charge is -2.41. The second-order valence-electron chi connectivity index (χ2n) is 7.48. The molecule has 2 atom stereocenters. The number of carbonyl (C=O) groups is 1. The van der Waals surface area contributed by atoms with E-state index in [1.807, 2.05) is 6.92 Å². The third kappa shape index (κ3) is 4.55. The molecule has 162 valence electrons. The number of ether oxygens (including phenoxy) is 1. The Balaban J connectivity index is 1.55. The molecule has 0 aliphatic carbocycles. The molecule has 0 saturated carbocycles. The molecule has 1 saturated heterocycles. The number of nitrogens with zero attached hydrogens (tertiary/aromatic N) is 5. The number of hydrogen-bond donors (Lipinski definition) is 0. The SMILES string of the molecule is CCC1[C@@H](COc2ccc(F)cn2)CCCN1C(=O)c1cc(F)ccc1-n1nccn1. The van der Waals surface area contributed by atoms with Crippen molar-refractivity contribution in [1.29, 1.82) is 0 Å². The van der Waals surface area contributed by atoms with Gasteiger partial charge >= 0.3 is 0 Å². The van der Waals surface area contributed by atoms with Gasteiger partial charge in [0.2, 0.25) is 5.88 Å². The van der Waals surface area contributed by atoms with Gasteiger partial charge in [0.1, 0.15) is 11.6 Å². The maximum Gasteiger partial charge on any atom is 0.256 e. The fourth-order valence-corrected chi connectivity index (χ4v) is 4.13. The van der Waals surface area contributed by atoms with Crippen molar-refractivity contribution in [2.75, 3.05) is 13.2 Å². The van der Waals surface area contributed by atoms with E-state index in [0.717, 1.165) is 25.5 Å². The van der Waals surface area contributed by atoms with Crippen LogP contribution in [0.15, 0.2) is 48.9 Å². The Morgan fingerprint density at radius 1 is 1.16 bits per heavy atom. The number of piperidine rings is 1. The van der Waals surface area contributed by atoms with Crippen LogP contribution in [0, 0.1) is 17.6 Å². The molecule has 3 aromatic rings. The first kappa shape index (κ1) is 20.9. The summed E-state index contributed by atoms with van der Waals surface area (Å²) in [7, 11) is 0. The van der Waals surface area contributed by atoms with E-state index < -0.39 is 11.6 Å². The number of rotatable bonds is 6. The molecule has 0 bridgehead atoms. The molecule has 9 heteroatoms. The second kappa shape index (κ2) is 9.20. The number of pyridine rings is 1. The van der Waals surface area contributed by atoms with Crippen LogP contribution in [-0.4, -0.2) is 50.0 Å². The minimum atomic E-state index is -0.494. The second-order valence-corrected chi connectivity index (χ2v) is 7.48. The molecule has 1 unspecified atom stereocenters. The lowest BCUT2D eigenvalue weighted by Crippen LogP contribution is -2.50. The van der Waals surface area contributed by atoms with Gasteiger partial charge < -0.3 is 9.64 Å². The van der Waals surface area contributed by atoms with Crippen LogP contribution >= 0.6 is 0 Å². The van der Waals surface area contributed by atoms with Gasteiger partial charge in [-0.15, -0.1) is 0 Å². The molecule has 0 N–H and O–H groups in total. The van der Waals surface area contributed by atoms with Gasteiger partial charge in [-0.05, 0) is 43.5 Å². The average Bonchev–Trinajstić information content (AvgIpc) is 3.32. The number of carbonyl (C=O) groups excluding carboxylic acids is 1. The van der Waals surface area contributed by atoms with Crippen LogP contribution in [0.2, 0.25) is 0 Å². The number of halogens is 2.